The molecule has 0 fully saturated rings. The lowest BCUT2D eigenvalue weighted by Gasteiger charge is -2.27. The van der Waals surface area contributed by atoms with Crippen LogP contribution in [0.15, 0.2) is 0 Å². The van der Waals surface area contributed by atoms with Gasteiger partial charge in [0.05, 0.1) is 13.2 Å². The van der Waals surface area contributed by atoms with Crippen LogP contribution in [0.2, 0.25) is 0 Å². The number of ketones is 1. The molecule has 17 nitrogen and oxygen atoms in total. The van der Waals surface area contributed by atoms with Gasteiger partial charge in [-0.25, -0.2) is 9.13 Å². The van der Waals surface area contributed by atoms with Crippen molar-refractivity contribution in [3.05, 3.63) is 0 Å². The zero-order valence-electron chi connectivity index (χ0n) is 15.5. The van der Waals surface area contributed by atoms with Crippen molar-refractivity contribution in [1.29, 1.82) is 0 Å². The van der Waals surface area contributed by atoms with Crippen molar-refractivity contribution < 1.29 is 82.7 Å². The first-order valence-electron chi connectivity index (χ1n) is 8.09. The average Bonchev–Trinajstić information content (AvgIpc) is 2.70. The minimum atomic E-state index is -5.35. The Balaban J connectivity index is 4.93. The molecule has 0 saturated heterocycles. The summed E-state index contributed by atoms with van der Waals surface area (Å²) in [4.78, 5) is 49.1. The van der Waals surface area contributed by atoms with E-state index >= 15 is 0 Å². The SMILES string of the molecule is O=C[C@H](OP(=O)(O)OCC(=O)[C@@H](O)[C@H](O)C(O)CO)[C@@H](O)[C@H](O)[C@H](O)COP(=O)(O)O. The molecule has 8 atom stereocenters. The second-order valence-electron chi connectivity index (χ2n) is 5.93. The molecule has 0 aromatic rings. The van der Waals surface area contributed by atoms with Gasteiger partial charge in [-0.3, -0.25) is 18.4 Å². The van der Waals surface area contributed by atoms with Crippen LogP contribution < -0.4 is 0 Å². The second-order valence-corrected chi connectivity index (χ2v) is 8.58. The number of phosphoric acid groups is 2. The molecular formula is C12H24O17P2. The molecule has 19 heteroatoms. The highest BCUT2D eigenvalue weighted by molar-refractivity contribution is 7.47. The molecule has 0 saturated carbocycles. The lowest BCUT2D eigenvalue weighted by atomic mass is 10.0. The van der Waals surface area contributed by atoms with Crippen LogP contribution in [0.1, 0.15) is 0 Å². The molecule has 0 bridgehead atoms. The predicted molar refractivity (Wildman–Crippen MR) is 92.8 cm³/mol. The maximum atomic E-state index is 11.8. The average molecular weight is 502 g/mol. The van der Waals surface area contributed by atoms with E-state index < -0.39 is 84.0 Å². The van der Waals surface area contributed by atoms with E-state index in [0.717, 1.165) is 0 Å². The zero-order chi connectivity index (χ0) is 24.6. The lowest BCUT2D eigenvalue weighted by Crippen LogP contribution is -2.47. The fourth-order valence-corrected chi connectivity index (χ4v) is 2.97. The van der Waals surface area contributed by atoms with E-state index in [2.05, 4.69) is 13.6 Å². The molecule has 0 aromatic heterocycles. The number of hydrogen-bond acceptors (Lipinski definition) is 14. The Labute approximate surface area is 173 Å². The van der Waals surface area contributed by atoms with E-state index in [0.29, 0.717) is 0 Å². The summed E-state index contributed by atoms with van der Waals surface area (Å²) in [6.45, 7) is -3.65. The summed E-state index contributed by atoms with van der Waals surface area (Å²) in [5, 5.41) is 65.5. The van der Waals surface area contributed by atoms with Crippen molar-refractivity contribution in [3.63, 3.8) is 0 Å². The molecule has 0 amide bonds. The molecule has 31 heavy (non-hydrogen) atoms. The van der Waals surface area contributed by atoms with Gasteiger partial charge < -0.3 is 55.2 Å². The van der Waals surface area contributed by atoms with Crippen LogP contribution in [0, 0.1) is 0 Å². The van der Waals surface area contributed by atoms with E-state index in [1.54, 1.807) is 0 Å². The fourth-order valence-electron chi connectivity index (χ4n) is 1.79. The Hall–Kier alpha value is -0.720. The summed E-state index contributed by atoms with van der Waals surface area (Å²) in [6, 6.07) is 0. The van der Waals surface area contributed by atoms with Crippen LogP contribution >= 0.6 is 15.6 Å². The largest absolute Gasteiger partial charge is 0.473 e. The highest BCUT2D eigenvalue weighted by atomic mass is 31.2. The number of carbonyl (C=O) groups excluding carboxylic acids is 2. The minimum Gasteiger partial charge on any atom is -0.394 e. The first kappa shape index (κ1) is 30.3. The number of aliphatic hydroxyl groups excluding tert-OH is 7. The molecular weight excluding hydrogens is 478 g/mol. The fraction of sp³-hybridized carbons (Fsp3) is 0.833. The summed E-state index contributed by atoms with van der Waals surface area (Å²) >= 11 is 0. The Kier molecular flexibility index (Phi) is 12.8. The molecule has 0 aliphatic rings. The van der Waals surface area contributed by atoms with Crippen LogP contribution in [0.3, 0.4) is 0 Å². The Bertz CT molecular complexity index is 665. The number of rotatable bonds is 16. The van der Waals surface area contributed by atoms with Crippen LogP contribution in [-0.4, -0.2) is 125 Å². The van der Waals surface area contributed by atoms with Gasteiger partial charge in [-0.05, 0) is 0 Å². The maximum absolute atomic E-state index is 11.8. The normalized spacial score (nSPS) is 21.2. The molecule has 10 N–H and O–H groups in total. The molecule has 2 unspecified atom stereocenters. The van der Waals surface area contributed by atoms with Crippen LogP contribution in [0.4, 0.5) is 0 Å². The maximum Gasteiger partial charge on any atom is 0.473 e. The first-order valence-corrected chi connectivity index (χ1v) is 11.1. The topological polar surface area (TPSA) is 298 Å². The minimum absolute atomic E-state index is 0.311. The second kappa shape index (κ2) is 13.1. The molecule has 184 valence electrons. The van der Waals surface area contributed by atoms with E-state index in [4.69, 9.17) is 20.0 Å². The smallest absolute Gasteiger partial charge is 0.394 e. The van der Waals surface area contributed by atoms with Gasteiger partial charge in [0.15, 0.2) is 18.2 Å². The van der Waals surface area contributed by atoms with Gasteiger partial charge in [-0.1, -0.05) is 0 Å². The number of phosphoric ester groups is 2. The number of carbonyl (C=O) groups is 2. The monoisotopic (exact) mass is 502 g/mol. The zero-order valence-corrected chi connectivity index (χ0v) is 17.3. The molecule has 0 spiro atoms. The number of aliphatic hydroxyl groups is 7. The van der Waals surface area contributed by atoms with E-state index in [1.165, 1.54) is 0 Å². The number of hydrogen-bond donors (Lipinski definition) is 10. The number of Topliss-reactive ketones (excluding diaryl/α,β-unsaturated/α-hetero) is 1. The van der Waals surface area contributed by atoms with Crippen molar-refractivity contribution in [3.8, 4) is 0 Å². The van der Waals surface area contributed by atoms with Gasteiger partial charge >= 0.3 is 15.6 Å². The standard InChI is InChI=1S/C12H24O17P2/c13-1-5(15)9(18)10(19)7(17)4-28-31(25,26)29-8(2-14)12(21)11(20)6(16)3-27-30(22,23)24/h2,5-6,8-13,15-16,18-21H,1,3-4H2,(H,25,26)(H2,22,23,24)/t5?,6-,8+,9-,10-,11-,12-/m1/s1. The summed E-state index contributed by atoms with van der Waals surface area (Å²) in [5.74, 6) is -1.45. The first-order chi connectivity index (χ1) is 14.1. The Morgan fingerprint density at radius 1 is 0.871 bits per heavy atom. The van der Waals surface area contributed by atoms with E-state index in [9.17, 15) is 49.1 Å². The number of aldehydes is 1. The third-order valence-corrected chi connectivity index (χ3v) is 4.94. The van der Waals surface area contributed by atoms with Gasteiger partial charge in [0.25, 0.3) is 0 Å². The summed E-state index contributed by atoms with van der Waals surface area (Å²) in [6.07, 6.45) is -16.1. The van der Waals surface area contributed by atoms with Gasteiger partial charge in [-0.2, -0.15) is 0 Å². The quantitative estimate of drug-likeness (QED) is 0.0695. The third-order valence-electron chi connectivity index (χ3n) is 3.49. The van der Waals surface area contributed by atoms with Gasteiger partial charge in [-0.15, -0.1) is 0 Å². The lowest BCUT2D eigenvalue weighted by molar-refractivity contribution is -0.143. The van der Waals surface area contributed by atoms with Gasteiger partial charge in [0.1, 0.15) is 43.2 Å². The molecule has 0 aliphatic heterocycles. The van der Waals surface area contributed by atoms with E-state index in [-0.39, 0.29) is 6.29 Å². The highest BCUT2D eigenvalue weighted by Gasteiger charge is 2.39. The Morgan fingerprint density at radius 3 is 1.87 bits per heavy atom. The van der Waals surface area contributed by atoms with Gasteiger partial charge in [0, 0.05) is 0 Å². The molecule has 0 radical (unpaired) electrons. The summed E-state index contributed by atoms with van der Waals surface area (Å²) in [5.41, 5.74) is 0. The van der Waals surface area contributed by atoms with Crippen LogP contribution in [0.5, 0.6) is 0 Å². The highest BCUT2D eigenvalue weighted by Crippen LogP contribution is 2.45. The summed E-state index contributed by atoms with van der Waals surface area (Å²) < 4.78 is 34.6. The molecule has 0 aromatic carbocycles. The van der Waals surface area contributed by atoms with Gasteiger partial charge in [0.2, 0.25) is 0 Å². The van der Waals surface area contributed by atoms with Crippen molar-refractivity contribution in [2.45, 2.75) is 42.7 Å². The molecule has 0 rings (SSSR count). The molecule has 0 heterocycles. The van der Waals surface area contributed by atoms with E-state index in [1.807, 2.05) is 0 Å². The van der Waals surface area contributed by atoms with Crippen molar-refractivity contribution in [2.24, 2.45) is 0 Å². The summed E-state index contributed by atoms with van der Waals surface area (Å²) in [7, 11) is -10.4. The predicted octanol–water partition coefficient (Wildman–Crippen LogP) is -5.48. The van der Waals surface area contributed by atoms with Crippen LogP contribution in [0.25, 0.3) is 0 Å². The third kappa shape index (κ3) is 11.1. The molecule has 0 aliphatic carbocycles. The Morgan fingerprint density at radius 2 is 1.42 bits per heavy atom. The van der Waals surface area contributed by atoms with Crippen LogP contribution in [-0.2, 0) is 32.3 Å². The van der Waals surface area contributed by atoms with Crippen molar-refractivity contribution >= 4 is 27.7 Å². The van der Waals surface area contributed by atoms with Crippen molar-refractivity contribution in [2.75, 3.05) is 19.8 Å². The van der Waals surface area contributed by atoms with Crippen molar-refractivity contribution in [1.82, 2.24) is 0 Å².